The topological polar surface area (TPSA) is 524 Å². The normalized spacial score (nSPS) is 14.7. The largest absolute Gasteiger partial charge is 0.481 e. The van der Waals surface area contributed by atoms with Crippen LogP contribution in [0.1, 0.15) is 81.0 Å². The summed E-state index contributed by atoms with van der Waals surface area (Å²) in [6, 6.07) is 12.0. The number of aliphatic hydroxyl groups excluding tert-OH is 3. The molecule has 5 aromatic carbocycles. The molecule has 0 aliphatic rings. The summed E-state index contributed by atoms with van der Waals surface area (Å²) in [5.74, 6) is -31.2. The molecule has 12 atom stereocenters. The molecule has 0 aliphatic carbocycles. The average molecular weight is 1540 g/mol. The van der Waals surface area contributed by atoms with Gasteiger partial charge in [0.15, 0.2) is 23.3 Å². The van der Waals surface area contributed by atoms with Crippen LogP contribution in [0.3, 0.4) is 0 Å². The second kappa shape index (κ2) is 39.7. The lowest BCUT2D eigenvalue weighted by Gasteiger charge is -2.34. The van der Waals surface area contributed by atoms with E-state index in [1.54, 1.807) is 48.5 Å². The molecule has 1 heterocycles. The Kier molecular flexibility index (Phi) is 31.3. The third-order valence-corrected chi connectivity index (χ3v) is 17.5. The zero-order valence-electron chi connectivity index (χ0n) is 60.1. The molecule has 0 saturated carbocycles. The van der Waals surface area contributed by atoms with Crippen LogP contribution in [0.4, 0.5) is 22.0 Å². The van der Waals surface area contributed by atoms with Gasteiger partial charge in [-0.1, -0.05) is 104 Å². The van der Waals surface area contributed by atoms with Gasteiger partial charge in [-0.25, -0.2) is 26.9 Å². The van der Waals surface area contributed by atoms with Crippen LogP contribution in [0.2, 0.25) is 0 Å². The van der Waals surface area contributed by atoms with Gasteiger partial charge in [0.1, 0.15) is 53.9 Å². The number of rotatable bonds is 39. The number of carboxylic acids is 2. The third-order valence-electron chi connectivity index (χ3n) is 17.5. The average Bonchev–Trinajstić information content (AvgIpc) is 1.06. The zero-order chi connectivity index (χ0) is 81.6. The van der Waals surface area contributed by atoms with Gasteiger partial charge >= 0.3 is 11.9 Å². The van der Waals surface area contributed by atoms with E-state index >= 15 is 8.78 Å². The Labute approximate surface area is 625 Å². The van der Waals surface area contributed by atoms with Crippen LogP contribution in [-0.4, -0.2) is 198 Å². The van der Waals surface area contributed by atoms with Crippen molar-refractivity contribution in [2.45, 2.75) is 159 Å². The quantitative estimate of drug-likeness (QED) is 0.0125. The van der Waals surface area contributed by atoms with Crippen molar-refractivity contribution in [2.24, 2.45) is 11.5 Å². The van der Waals surface area contributed by atoms with E-state index in [9.17, 15) is 101 Å². The molecule has 590 valence electrons. The number of carbonyl (C=O) groups is 13. The molecule has 0 bridgehead atoms. The maximum atomic E-state index is 15.5. The number of benzene rings is 5. The van der Waals surface area contributed by atoms with Crippen LogP contribution in [0.5, 0.6) is 0 Å². The summed E-state index contributed by atoms with van der Waals surface area (Å²) >= 11 is 0. The van der Waals surface area contributed by atoms with Crippen LogP contribution < -0.4 is 64.6 Å². The van der Waals surface area contributed by atoms with Crippen molar-refractivity contribution < 1.29 is 110 Å². The van der Waals surface area contributed by atoms with E-state index in [1.165, 1.54) is 12.5 Å². The molecule has 110 heavy (non-hydrogen) atoms. The number of hydrogen-bond acceptors (Lipinski definition) is 18. The van der Waals surface area contributed by atoms with Crippen LogP contribution in [0.25, 0.3) is 22.3 Å². The Hall–Kier alpha value is -12.1. The summed E-state index contributed by atoms with van der Waals surface area (Å²) in [4.78, 5) is 182. The number of imidazole rings is 1. The summed E-state index contributed by atoms with van der Waals surface area (Å²) in [5, 5.41) is 72.9. The van der Waals surface area contributed by atoms with E-state index in [2.05, 4.69) is 36.6 Å². The smallest absolute Gasteiger partial charge is 0.305 e. The van der Waals surface area contributed by atoms with E-state index in [4.69, 9.17) is 11.5 Å². The number of hydrogen-bond donors (Lipinski definition) is 18. The number of halogens is 5. The number of nitrogens with one attached hydrogen (secondary N) is 11. The van der Waals surface area contributed by atoms with Crippen molar-refractivity contribution in [3.8, 4) is 22.3 Å². The van der Waals surface area contributed by atoms with Crippen LogP contribution >= 0.6 is 0 Å². The SMILES string of the molecule is CCc1ccccc1-c1ccc(C[C@H](NC(=O)[C@H](CC(=O)O)NC(=O)[C@H](CO)NC(=O)[C@@H](NC(=O)[C@@](C)(Cc2c(F)c(F)c(F)c(F)c2F)NC(=O)[C@@H](NC(=O)CNC(=O)[C@H](CC(=O)O)NC(=O)[C@@H](C)NC(=O)[C@@H](N)Cc2cnc[nH]2)[C@@H](C)O)[C@@H](C)O)C(=O)N[C@@H](Cc2ccc(-c3ccccc3C)cc2)C(N)=O)cc1. The molecule has 0 aliphatic heterocycles. The van der Waals surface area contributed by atoms with Crippen molar-refractivity contribution >= 4 is 76.9 Å². The highest BCUT2D eigenvalue weighted by atomic mass is 19.2. The number of aryl methyl sites for hydroxylation is 2. The molecular formula is C73H85F5N14O18. The molecule has 0 fully saturated rings. The Morgan fingerprint density at radius 1 is 0.536 bits per heavy atom. The lowest BCUT2D eigenvalue weighted by Crippen LogP contribution is -2.67. The standard InChI is InChI=1S/C73H85F5N14O18/c1-7-40-13-9-11-15-45(40)42-22-18-39(19-23-42)25-49(67(105)85-48(63(80)101)24-38-16-20-41(21-17-38)44-14-10-8-12-34(44)2)87-68(106)51(28-55(99)100)88-69(107)52(32-93)89-70(108)61(36(4)94)91-72(110)73(6,29-46-56(74)58(76)60(78)59(77)57(46)75)92-71(109)62(37(5)95)90-53(96)31-82-66(104)50(27-54(97)98)86-64(102)35(3)84-65(103)47(79)26-43-30-81-33-83-43/h8-23,30,33,35-37,47-52,61-62,93-95H,7,24-29,31-32,79H2,1-6H3,(H2,80,101)(H,81,83)(H,82,104)(H,84,103)(H,85,105)(H,86,102)(H,87,106)(H,88,107)(H,89,108)(H,90,96)(H,91,110)(H,92,109)(H,97,98)(H,99,100)/t35-,36-,37-,47+,48+,49+,50+,51+,52+,61+,62+,73-/m1/s1. The molecular weight excluding hydrogens is 1460 g/mol. The van der Waals surface area contributed by atoms with E-state index in [0.29, 0.717) is 30.2 Å². The number of aromatic nitrogens is 2. The van der Waals surface area contributed by atoms with Gasteiger partial charge in [0.2, 0.25) is 70.8 Å². The van der Waals surface area contributed by atoms with Crippen LogP contribution in [0, 0.1) is 36.0 Å². The second-order valence-corrected chi connectivity index (χ2v) is 26.1. The number of primary amides is 1. The monoisotopic (exact) mass is 1540 g/mol. The Morgan fingerprint density at radius 3 is 1.54 bits per heavy atom. The number of nitrogens with zero attached hydrogens (tertiary/aromatic N) is 1. The van der Waals surface area contributed by atoms with Crippen molar-refractivity contribution in [3.05, 3.63) is 172 Å². The van der Waals surface area contributed by atoms with Gasteiger partial charge < -0.3 is 95.2 Å². The Bertz CT molecular complexity index is 4340. The number of carbonyl (C=O) groups excluding carboxylic acids is 11. The molecule has 6 aromatic rings. The van der Waals surface area contributed by atoms with Gasteiger partial charge in [-0.05, 0) is 85.5 Å². The van der Waals surface area contributed by atoms with E-state index in [0.717, 1.165) is 54.2 Å². The van der Waals surface area contributed by atoms with Crippen molar-refractivity contribution in [1.29, 1.82) is 0 Å². The lowest BCUT2D eigenvalue weighted by atomic mass is 9.89. The van der Waals surface area contributed by atoms with Gasteiger partial charge in [-0.15, -0.1) is 0 Å². The number of aliphatic carboxylic acids is 2. The number of aromatic amines is 1. The maximum Gasteiger partial charge on any atom is 0.305 e. The first-order valence-corrected chi connectivity index (χ1v) is 34.1. The molecule has 1 aromatic heterocycles. The number of nitrogens with two attached hydrogens (primary N) is 2. The fraction of sp³-hybridized carbons (Fsp3) is 0.370. The first kappa shape index (κ1) is 86.8. The van der Waals surface area contributed by atoms with E-state index in [-0.39, 0.29) is 19.3 Å². The number of aliphatic hydroxyl groups is 3. The molecule has 20 N–H and O–H groups in total. The highest BCUT2D eigenvalue weighted by Gasteiger charge is 2.44. The minimum atomic E-state index is -3.15. The lowest BCUT2D eigenvalue weighted by molar-refractivity contribution is -0.142. The fourth-order valence-corrected chi connectivity index (χ4v) is 11.3. The molecule has 0 unspecified atom stereocenters. The summed E-state index contributed by atoms with van der Waals surface area (Å²) in [6.45, 7) is 4.63. The molecule has 37 heteroatoms. The number of H-pyrrole nitrogens is 1. The first-order chi connectivity index (χ1) is 51.9. The van der Waals surface area contributed by atoms with E-state index < -0.39 is 216 Å². The minimum Gasteiger partial charge on any atom is -0.481 e. The number of amides is 11. The maximum absolute atomic E-state index is 15.5. The van der Waals surface area contributed by atoms with Gasteiger partial charge in [-0.3, -0.25) is 62.3 Å². The Balaban J connectivity index is 1.20. The first-order valence-electron chi connectivity index (χ1n) is 34.1. The predicted octanol–water partition coefficient (Wildman–Crippen LogP) is -1.01. The summed E-state index contributed by atoms with van der Waals surface area (Å²) in [7, 11) is 0. The molecule has 11 amide bonds. The van der Waals surface area contributed by atoms with Gasteiger partial charge in [-0.2, -0.15) is 0 Å². The molecule has 0 radical (unpaired) electrons. The van der Waals surface area contributed by atoms with Gasteiger partial charge in [0.05, 0.1) is 50.6 Å². The van der Waals surface area contributed by atoms with Gasteiger partial charge in [0.25, 0.3) is 0 Å². The summed E-state index contributed by atoms with van der Waals surface area (Å²) in [6.07, 6.45) is -5.54. The van der Waals surface area contributed by atoms with Crippen molar-refractivity contribution in [2.75, 3.05) is 13.2 Å². The minimum absolute atomic E-state index is 0.0443. The van der Waals surface area contributed by atoms with Crippen molar-refractivity contribution in [1.82, 2.24) is 63.1 Å². The van der Waals surface area contributed by atoms with Crippen molar-refractivity contribution in [3.63, 3.8) is 0 Å². The molecule has 6 rings (SSSR count). The van der Waals surface area contributed by atoms with Gasteiger partial charge in [0, 0.05) is 43.1 Å². The van der Waals surface area contributed by atoms with Crippen LogP contribution in [-0.2, 0) is 94.4 Å². The van der Waals surface area contributed by atoms with Crippen LogP contribution in [0.15, 0.2) is 110 Å². The molecule has 0 saturated heterocycles. The number of carboxylic acid groups (broad SMARTS) is 2. The second-order valence-electron chi connectivity index (χ2n) is 26.1. The Morgan fingerprint density at radius 2 is 1.01 bits per heavy atom. The highest BCUT2D eigenvalue weighted by Crippen LogP contribution is 2.29. The summed E-state index contributed by atoms with van der Waals surface area (Å²) < 4.78 is 75.0. The third kappa shape index (κ3) is 24.0. The van der Waals surface area contributed by atoms with E-state index in [1.807, 2.05) is 89.0 Å². The fourth-order valence-electron chi connectivity index (χ4n) is 11.3. The molecule has 0 spiro atoms. The summed E-state index contributed by atoms with van der Waals surface area (Å²) in [5.41, 5.74) is 13.7. The highest BCUT2D eigenvalue weighted by molar-refractivity contribution is 6.01. The zero-order valence-corrected chi connectivity index (χ0v) is 60.1. The predicted molar refractivity (Wildman–Crippen MR) is 380 cm³/mol. The molecule has 32 nitrogen and oxygen atoms in total.